The van der Waals surface area contributed by atoms with Gasteiger partial charge in [0.15, 0.2) is 0 Å². The Hall–Kier alpha value is 0.400. The van der Waals surface area contributed by atoms with Crippen LogP contribution in [0.3, 0.4) is 0 Å². The van der Waals surface area contributed by atoms with Crippen LogP contribution in [0.1, 0.15) is 19.3 Å². The minimum Gasteiger partial charge on any atom is -0.292 e. The van der Waals surface area contributed by atoms with E-state index < -0.39 is 0 Å². The Balaban J connectivity index is 1.93. The maximum Gasteiger partial charge on any atom is 0.0504 e. The first-order valence-corrected chi connectivity index (χ1v) is 5.92. The molecule has 0 radical (unpaired) electrons. The lowest BCUT2D eigenvalue weighted by Gasteiger charge is -2.14. The van der Waals surface area contributed by atoms with E-state index in [1.165, 1.54) is 45.6 Å². The summed E-state index contributed by atoms with van der Waals surface area (Å²) in [5, 5.41) is 1.16. The number of likely N-dealkylation sites (N-methyl/N-ethyl adjacent to an activating group) is 1. The zero-order valence-electron chi connectivity index (χ0n) is 7.93. The second-order valence-corrected chi connectivity index (χ2v) is 4.38. The second-order valence-electron chi connectivity index (χ2n) is 3.59. The minimum absolute atomic E-state index is 1.16. The molecule has 0 atom stereocenters. The lowest BCUT2D eigenvalue weighted by atomic mass is 10.2. The van der Waals surface area contributed by atoms with Crippen LogP contribution in [0.15, 0.2) is 0 Å². The lowest BCUT2D eigenvalue weighted by Crippen LogP contribution is -2.24. The van der Waals surface area contributed by atoms with Gasteiger partial charge in [-0.05, 0) is 26.4 Å². The molecule has 3 heteroatoms. The third-order valence-electron chi connectivity index (χ3n) is 2.35. The Morgan fingerprint density at radius 1 is 1.17 bits per heavy atom. The molecule has 1 fully saturated rings. The fourth-order valence-corrected chi connectivity index (χ4v) is 1.98. The fraction of sp³-hybridized carbons (Fsp3) is 1.00. The summed E-state index contributed by atoms with van der Waals surface area (Å²) in [5.41, 5.74) is 0. The van der Waals surface area contributed by atoms with Crippen LogP contribution < -0.4 is 0 Å². The van der Waals surface area contributed by atoms with Crippen molar-refractivity contribution < 1.29 is 0 Å². The molecule has 1 aliphatic rings. The van der Waals surface area contributed by atoms with Crippen molar-refractivity contribution in [3.63, 3.8) is 0 Å². The molecule has 0 aromatic rings. The molecule has 0 N–H and O–H groups in total. The highest BCUT2D eigenvalue weighted by molar-refractivity contribution is 9.09. The molecule has 0 saturated carbocycles. The SMILES string of the molecule is CN1CCN(CCCCCBr)C1. The molecule has 1 rings (SSSR count). The van der Waals surface area contributed by atoms with E-state index in [0.29, 0.717) is 0 Å². The number of nitrogens with zero attached hydrogens (tertiary/aromatic N) is 2. The summed E-state index contributed by atoms with van der Waals surface area (Å²) in [6.07, 6.45) is 4.05. The van der Waals surface area contributed by atoms with E-state index >= 15 is 0 Å². The number of rotatable bonds is 5. The standard InChI is InChI=1S/C9H19BrN2/c1-11-7-8-12(9-11)6-4-2-3-5-10/h2-9H2,1H3. The van der Waals surface area contributed by atoms with Crippen LogP contribution in [-0.4, -0.2) is 48.5 Å². The summed E-state index contributed by atoms with van der Waals surface area (Å²) in [5.74, 6) is 0. The topological polar surface area (TPSA) is 6.48 Å². The van der Waals surface area contributed by atoms with Crippen molar-refractivity contribution in [1.29, 1.82) is 0 Å². The van der Waals surface area contributed by atoms with Crippen molar-refractivity contribution in [2.45, 2.75) is 19.3 Å². The van der Waals surface area contributed by atoms with E-state index in [0.717, 1.165) is 5.33 Å². The molecule has 2 nitrogen and oxygen atoms in total. The van der Waals surface area contributed by atoms with Crippen LogP contribution in [0, 0.1) is 0 Å². The second kappa shape index (κ2) is 5.95. The van der Waals surface area contributed by atoms with Crippen LogP contribution in [0.2, 0.25) is 0 Å². The molecule has 0 aromatic heterocycles. The van der Waals surface area contributed by atoms with Crippen LogP contribution in [0.25, 0.3) is 0 Å². The van der Waals surface area contributed by atoms with Gasteiger partial charge in [-0.3, -0.25) is 9.80 Å². The highest BCUT2D eigenvalue weighted by atomic mass is 79.9. The number of hydrogen-bond donors (Lipinski definition) is 0. The van der Waals surface area contributed by atoms with Gasteiger partial charge in [-0.2, -0.15) is 0 Å². The van der Waals surface area contributed by atoms with Crippen LogP contribution in [0.5, 0.6) is 0 Å². The highest BCUT2D eigenvalue weighted by Gasteiger charge is 2.14. The summed E-state index contributed by atoms with van der Waals surface area (Å²) < 4.78 is 0. The number of hydrogen-bond acceptors (Lipinski definition) is 2. The van der Waals surface area contributed by atoms with Gasteiger partial charge in [0.05, 0.1) is 6.67 Å². The molecule has 1 aliphatic heterocycles. The summed E-state index contributed by atoms with van der Waals surface area (Å²) in [7, 11) is 2.19. The van der Waals surface area contributed by atoms with E-state index in [2.05, 4.69) is 32.8 Å². The zero-order valence-corrected chi connectivity index (χ0v) is 9.52. The molecule has 0 amide bonds. The van der Waals surface area contributed by atoms with Gasteiger partial charge in [-0.25, -0.2) is 0 Å². The molecular weight excluding hydrogens is 216 g/mol. The quantitative estimate of drug-likeness (QED) is 0.529. The molecule has 0 bridgehead atoms. The number of alkyl halides is 1. The van der Waals surface area contributed by atoms with Gasteiger partial charge in [-0.1, -0.05) is 22.4 Å². The first kappa shape index (κ1) is 10.5. The Kier molecular flexibility index (Phi) is 5.19. The Bertz CT molecular complexity index is 119. The van der Waals surface area contributed by atoms with Crippen LogP contribution >= 0.6 is 15.9 Å². The summed E-state index contributed by atoms with van der Waals surface area (Å²) in [6.45, 7) is 4.98. The van der Waals surface area contributed by atoms with Gasteiger partial charge in [0, 0.05) is 18.4 Å². The van der Waals surface area contributed by atoms with Crippen molar-refractivity contribution in [1.82, 2.24) is 9.80 Å². The van der Waals surface area contributed by atoms with Crippen molar-refractivity contribution in [3.05, 3.63) is 0 Å². The molecule has 0 unspecified atom stereocenters. The maximum absolute atomic E-state index is 3.45. The Morgan fingerprint density at radius 2 is 2.00 bits per heavy atom. The highest BCUT2D eigenvalue weighted by Crippen LogP contribution is 2.05. The maximum atomic E-state index is 3.45. The third-order valence-corrected chi connectivity index (χ3v) is 2.91. The minimum atomic E-state index is 1.16. The molecular formula is C9H19BrN2. The predicted octanol–water partition coefficient (Wildman–Crippen LogP) is 1.76. The van der Waals surface area contributed by atoms with Crippen molar-refractivity contribution in [2.75, 3.05) is 38.7 Å². The number of unbranched alkanes of at least 4 members (excludes halogenated alkanes) is 2. The van der Waals surface area contributed by atoms with E-state index in [9.17, 15) is 0 Å². The fourth-order valence-electron chi connectivity index (χ4n) is 1.58. The summed E-state index contributed by atoms with van der Waals surface area (Å²) >= 11 is 3.45. The van der Waals surface area contributed by atoms with Gasteiger partial charge in [0.25, 0.3) is 0 Å². The monoisotopic (exact) mass is 234 g/mol. The zero-order chi connectivity index (χ0) is 8.81. The summed E-state index contributed by atoms with van der Waals surface area (Å²) in [4.78, 5) is 4.92. The average molecular weight is 235 g/mol. The molecule has 72 valence electrons. The Labute approximate surface area is 84.0 Å². The molecule has 0 aliphatic carbocycles. The number of halogens is 1. The summed E-state index contributed by atoms with van der Waals surface area (Å²) in [6, 6.07) is 0. The van der Waals surface area contributed by atoms with E-state index in [1.807, 2.05) is 0 Å². The average Bonchev–Trinajstić information content (AvgIpc) is 2.45. The molecule has 0 aromatic carbocycles. The lowest BCUT2D eigenvalue weighted by molar-refractivity contribution is 0.270. The molecule has 0 spiro atoms. The van der Waals surface area contributed by atoms with Gasteiger partial charge in [-0.15, -0.1) is 0 Å². The molecule has 1 saturated heterocycles. The van der Waals surface area contributed by atoms with Gasteiger partial charge >= 0.3 is 0 Å². The molecule has 12 heavy (non-hydrogen) atoms. The van der Waals surface area contributed by atoms with E-state index in [4.69, 9.17) is 0 Å². The smallest absolute Gasteiger partial charge is 0.0504 e. The normalized spacial score (nSPS) is 20.5. The van der Waals surface area contributed by atoms with E-state index in [-0.39, 0.29) is 0 Å². The predicted molar refractivity (Wildman–Crippen MR) is 56.7 cm³/mol. The Morgan fingerprint density at radius 3 is 2.58 bits per heavy atom. The van der Waals surface area contributed by atoms with Crippen molar-refractivity contribution in [3.8, 4) is 0 Å². The molecule has 1 heterocycles. The van der Waals surface area contributed by atoms with Gasteiger partial charge in [0.2, 0.25) is 0 Å². The first-order valence-electron chi connectivity index (χ1n) is 4.80. The first-order chi connectivity index (χ1) is 5.83. The van der Waals surface area contributed by atoms with Crippen molar-refractivity contribution >= 4 is 15.9 Å². The third kappa shape index (κ3) is 3.87. The van der Waals surface area contributed by atoms with Gasteiger partial charge < -0.3 is 0 Å². The van der Waals surface area contributed by atoms with E-state index in [1.54, 1.807) is 0 Å². The van der Waals surface area contributed by atoms with Crippen LogP contribution in [-0.2, 0) is 0 Å². The largest absolute Gasteiger partial charge is 0.292 e. The van der Waals surface area contributed by atoms with Crippen LogP contribution in [0.4, 0.5) is 0 Å². The van der Waals surface area contributed by atoms with Crippen molar-refractivity contribution in [2.24, 2.45) is 0 Å². The van der Waals surface area contributed by atoms with Gasteiger partial charge in [0.1, 0.15) is 0 Å².